The van der Waals surface area contributed by atoms with Gasteiger partial charge in [-0.05, 0) is 66.6 Å². The zero-order chi connectivity index (χ0) is 22.3. The van der Waals surface area contributed by atoms with Gasteiger partial charge in [0.25, 0.3) is 0 Å². The average molecular weight is 428 g/mol. The lowest BCUT2D eigenvalue weighted by Crippen LogP contribution is -1.98. The summed E-state index contributed by atoms with van der Waals surface area (Å²) in [5.74, 6) is 0.103. The maximum Gasteiger partial charge on any atom is 0.303 e. The van der Waals surface area contributed by atoms with Gasteiger partial charge in [0.15, 0.2) is 0 Å². The van der Waals surface area contributed by atoms with Crippen molar-refractivity contribution in [2.45, 2.75) is 39.0 Å². The Morgan fingerprint density at radius 3 is 2.53 bits per heavy atom. The zero-order valence-corrected chi connectivity index (χ0v) is 18.5. The summed E-state index contributed by atoms with van der Waals surface area (Å²) in [6.45, 7) is 2.80. The second-order valence-corrected chi connectivity index (χ2v) is 8.10. The predicted molar refractivity (Wildman–Crippen MR) is 129 cm³/mol. The average Bonchev–Trinajstić information content (AvgIpc) is 3.19. The monoisotopic (exact) mass is 427 g/mol. The van der Waals surface area contributed by atoms with Gasteiger partial charge >= 0.3 is 5.97 Å². The molecule has 0 aliphatic rings. The Labute approximate surface area is 189 Å². The summed E-state index contributed by atoms with van der Waals surface area (Å²) in [6.07, 6.45) is 5.74. The van der Waals surface area contributed by atoms with Gasteiger partial charge in [-0.2, -0.15) is 0 Å². The molecule has 0 fully saturated rings. The van der Waals surface area contributed by atoms with E-state index in [2.05, 4.69) is 66.2 Å². The summed E-state index contributed by atoms with van der Waals surface area (Å²) < 4.78 is 8.06. The summed E-state index contributed by atoms with van der Waals surface area (Å²) in [5, 5.41) is 10.3. The number of aromatic nitrogens is 1. The molecular weight excluding hydrogens is 398 g/mol. The molecule has 0 saturated carbocycles. The number of nitrogens with zero attached hydrogens (tertiary/aromatic N) is 1. The molecule has 4 aromatic rings. The number of hydrogen-bond acceptors (Lipinski definition) is 2. The van der Waals surface area contributed by atoms with Crippen LogP contribution in [0, 0.1) is 0 Å². The Kier molecular flexibility index (Phi) is 6.90. The first-order valence-electron chi connectivity index (χ1n) is 11.3. The van der Waals surface area contributed by atoms with Gasteiger partial charge in [-0.15, -0.1) is 0 Å². The molecule has 4 nitrogen and oxygen atoms in total. The van der Waals surface area contributed by atoms with Crippen LogP contribution < -0.4 is 4.74 Å². The van der Waals surface area contributed by atoms with E-state index in [9.17, 15) is 4.79 Å². The second-order valence-electron chi connectivity index (χ2n) is 8.10. The van der Waals surface area contributed by atoms with Crippen molar-refractivity contribution in [2.75, 3.05) is 6.61 Å². The zero-order valence-electron chi connectivity index (χ0n) is 18.5. The van der Waals surface area contributed by atoms with Gasteiger partial charge in [-0.3, -0.25) is 4.79 Å². The number of carboxylic acid groups (broad SMARTS) is 1. The van der Waals surface area contributed by atoms with E-state index in [0.717, 1.165) is 41.8 Å². The molecule has 0 unspecified atom stereocenters. The molecule has 0 atom stereocenters. The first-order chi connectivity index (χ1) is 15.6. The summed E-state index contributed by atoms with van der Waals surface area (Å²) in [4.78, 5) is 11.0. The first kappa shape index (κ1) is 21.7. The lowest BCUT2D eigenvalue weighted by Gasteiger charge is -2.09. The lowest BCUT2D eigenvalue weighted by atomic mass is 10.0. The van der Waals surface area contributed by atoms with Crippen LogP contribution in [0.25, 0.3) is 16.6 Å². The molecule has 1 N–H and O–H groups in total. The number of benzene rings is 3. The molecule has 4 rings (SSSR count). The van der Waals surface area contributed by atoms with Crippen LogP contribution in [-0.4, -0.2) is 22.2 Å². The topological polar surface area (TPSA) is 51.5 Å². The molecule has 0 spiro atoms. The Balaban J connectivity index is 1.71. The van der Waals surface area contributed by atoms with E-state index in [0.29, 0.717) is 13.0 Å². The molecule has 0 amide bonds. The van der Waals surface area contributed by atoms with Crippen molar-refractivity contribution in [3.05, 3.63) is 95.7 Å². The Morgan fingerprint density at radius 2 is 1.75 bits per heavy atom. The largest absolute Gasteiger partial charge is 0.494 e. The number of hydrogen-bond donors (Lipinski definition) is 1. The molecule has 3 aromatic carbocycles. The number of carbonyl (C=O) groups is 1. The minimum absolute atomic E-state index is 0.141. The van der Waals surface area contributed by atoms with Gasteiger partial charge in [-0.25, -0.2) is 0 Å². The van der Waals surface area contributed by atoms with Crippen molar-refractivity contribution < 1.29 is 14.6 Å². The van der Waals surface area contributed by atoms with Gasteiger partial charge in [0.05, 0.1) is 12.1 Å². The molecule has 0 saturated heterocycles. The molecule has 164 valence electrons. The van der Waals surface area contributed by atoms with Gasteiger partial charge in [0.2, 0.25) is 0 Å². The summed E-state index contributed by atoms with van der Waals surface area (Å²) in [6, 6.07) is 25.0. The van der Waals surface area contributed by atoms with E-state index in [-0.39, 0.29) is 6.42 Å². The van der Waals surface area contributed by atoms with Crippen molar-refractivity contribution in [2.24, 2.45) is 0 Å². The maximum atomic E-state index is 11.0. The summed E-state index contributed by atoms with van der Waals surface area (Å²) >= 11 is 0. The highest BCUT2D eigenvalue weighted by atomic mass is 16.5. The minimum atomic E-state index is -0.768. The van der Waals surface area contributed by atoms with Crippen LogP contribution in [0.15, 0.2) is 79.0 Å². The van der Waals surface area contributed by atoms with Gasteiger partial charge in [0.1, 0.15) is 5.75 Å². The van der Waals surface area contributed by atoms with Crippen LogP contribution in [0.2, 0.25) is 0 Å². The quantitative estimate of drug-likeness (QED) is 0.327. The number of fused-ring (bicyclic) bond motifs is 1. The highest BCUT2D eigenvalue weighted by Crippen LogP contribution is 2.29. The highest BCUT2D eigenvalue weighted by molar-refractivity contribution is 5.86. The molecule has 32 heavy (non-hydrogen) atoms. The fourth-order valence-corrected chi connectivity index (χ4v) is 4.03. The van der Waals surface area contributed by atoms with Crippen molar-refractivity contribution in [1.82, 2.24) is 4.57 Å². The number of carboxylic acids is 1. The van der Waals surface area contributed by atoms with E-state index < -0.39 is 5.97 Å². The molecule has 0 aliphatic heterocycles. The summed E-state index contributed by atoms with van der Waals surface area (Å²) in [5.41, 5.74) is 5.82. The van der Waals surface area contributed by atoms with E-state index in [4.69, 9.17) is 9.84 Å². The van der Waals surface area contributed by atoms with E-state index in [1.54, 1.807) is 0 Å². The van der Waals surface area contributed by atoms with Gasteiger partial charge < -0.3 is 14.4 Å². The van der Waals surface area contributed by atoms with Crippen LogP contribution in [0.4, 0.5) is 0 Å². The number of aliphatic carboxylic acids is 1. The van der Waals surface area contributed by atoms with E-state index >= 15 is 0 Å². The van der Waals surface area contributed by atoms with Crippen LogP contribution in [0.1, 0.15) is 36.5 Å². The van der Waals surface area contributed by atoms with Crippen molar-refractivity contribution in [3.8, 4) is 11.4 Å². The Morgan fingerprint density at radius 1 is 0.906 bits per heavy atom. The normalized spacial score (nSPS) is 11.0. The number of rotatable bonds is 10. The van der Waals surface area contributed by atoms with Crippen LogP contribution in [-0.2, 0) is 24.1 Å². The smallest absolute Gasteiger partial charge is 0.303 e. The molecule has 1 aromatic heterocycles. The van der Waals surface area contributed by atoms with Crippen molar-refractivity contribution in [3.63, 3.8) is 0 Å². The third-order valence-electron chi connectivity index (χ3n) is 5.67. The molecular formula is C28H29NO3. The van der Waals surface area contributed by atoms with E-state index in [1.807, 2.05) is 24.3 Å². The highest BCUT2D eigenvalue weighted by Gasteiger charge is 2.12. The SMILES string of the molecule is CCCOc1cccc(-n2cc(CCc3ccccc3)c3cc(CCC(=O)O)ccc32)c1. The Hall–Kier alpha value is -3.53. The van der Waals surface area contributed by atoms with Crippen LogP contribution in [0.5, 0.6) is 5.75 Å². The van der Waals surface area contributed by atoms with Gasteiger partial charge in [0, 0.05) is 29.8 Å². The Bertz CT molecular complexity index is 1190. The molecule has 0 radical (unpaired) electrons. The van der Waals surface area contributed by atoms with Crippen molar-refractivity contribution >= 4 is 16.9 Å². The maximum absolute atomic E-state index is 11.0. The summed E-state index contributed by atoms with van der Waals surface area (Å²) in [7, 11) is 0. The lowest BCUT2D eigenvalue weighted by molar-refractivity contribution is -0.136. The third-order valence-corrected chi connectivity index (χ3v) is 5.67. The van der Waals surface area contributed by atoms with Gasteiger partial charge in [-0.1, -0.05) is 49.4 Å². The number of ether oxygens (including phenoxy) is 1. The molecule has 0 bridgehead atoms. The van der Waals surface area contributed by atoms with Crippen LogP contribution >= 0.6 is 0 Å². The second kappa shape index (κ2) is 10.2. The fourth-order valence-electron chi connectivity index (χ4n) is 4.03. The standard InChI is InChI=1S/C28H29NO3/c1-2-17-32-25-10-6-9-24(19-25)29-20-23(14-11-21-7-4-3-5-8-21)26-18-22(12-15-27(26)29)13-16-28(30)31/h3-10,12,15,18-20H,2,11,13-14,16-17H2,1H3,(H,30,31). The van der Waals surface area contributed by atoms with Crippen LogP contribution in [0.3, 0.4) is 0 Å². The molecule has 0 aliphatic carbocycles. The number of aryl methyl sites for hydroxylation is 3. The fraction of sp³-hybridized carbons (Fsp3) is 0.250. The van der Waals surface area contributed by atoms with E-state index in [1.165, 1.54) is 16.5 Å². The minimum Gasteiger partial charge on any atom is -0.494 e. The first-order valence-corrected chi connectivity index (χ1v) is 11.3. The van der Waals surface area contributed by atoms with Crippen molar-refractivity contribution in [1.29, 1.82) is 0 Å². The third kappa shape index (κ3) is 5.20. The molecule has 1 heterocycles. The predicted octanol–water partition coefficient (Wildman–Crippen LogP) is 6.22. The molecule has 4 heteroatoms.